The maximum absolute atomic E-state index is 13.7. The normalized spacial score (nSPS) is 23.9. The Morgan fingerprint density at radius 3 is 2.63 bits per heavy atom. The van der Waals surface area contributed by atoms with E-state index in [9.17, 15) is 4.39 Å². The Bertz CT molecular complexity index is 431. The summed E-state index contributed by atoms with van der Waals surface area (Å²) >= 11 is 3.28. The maximum atomic E-state index is 13.7. The van der Waals surface area contributed by atoms with Crippen molar-refractivity contribution in [1.82, 2.24) is 0 Å². The molecule has 1 fully saturated rings. The van der Waals surface area contributed by atoms with Crippen LogP contribution in [0, 0.1) is 17.7 Å². The van der Waals surface area contributed by atoms with Crippen molar-refractivity contribution in [2.45, 2.75) is 45.4 Å². The van der Waals surface area contributed by atoms with Gasteiger partial charge in [0, 0.05) is 10.0 Å². The van der Waals surface area contributed by atoms with Crippen molar-refractivity contribution < 1.29 is 4.39 Å². The van der Waals surface area contributed by atoms with Gasteiger partial charge in [0.1, 0.15) is 5.82 Å². The average Bonchev–Trinajstić information content (AvgIpc) is 2.40. The molecule has 1 aromatic rings. The van der Waals surface area contributed by atoms with Gasteiger partial charge in [-0.3, -0.25) is 0 Å². The molecule has 0 radical (unpaired) electrons. The van der Waals surface area contributed by atoms with Gasteiger partial charge in [0.05, 0.1) is 0 Å². The van der Waals surface area contributed by atoms with Crippen LogP contribution >= 0.6 is 15.9 Å². The molecule has 0 aliphatic heterocycles. The molecular weight excluding hydrogens is 303 g/mol. The molecule has 0 nitrogen and oxygen atoms in total. The van der Waals surface area contributed by atoms with Crippen LogP contribution in [0.3, 0.4) is 0 Å². The van der Waals surface area contributed by atoms with Crippen molar-refractivity contribution in [3.63, 3.8) is 0 Å². The Morgan fingerprint density at radius 2 is 2.00 bits per heavy atom. The molecule has 0 saturated heterocycles. The molecule has 0 spiro atoms. The van der Waals surface area contributed by atoms with Crippen LogP contribution in [-0.4, -0.2) is 0 Å². The molecular formula is C17H22BrF. The van der Waals surface area contributed by atoms with Gasteiger partial charge in [-0.1, -0.05) is 53.9 Å². The summed E-state index contributed by atoms with van der Waals surface area (Å²) < 4.78 is 14.5. The van der Waals surface area contributed by atoms with Crippen molar-refractivity contribution in [2.75, 3.05) is 0 Å². The first-order chi connectivity index (χ1) is 9.19. The van der Waals surface area contributed by atoms with Crippen LogP contribution < -0.4 is 0 Å². The van der Waals surface area contributed by atoms with Crippen molar-refractivity contribution in [2.24, 2.45) is 11.8 Å². The Kier molecular flexibility index (Phi) is 5.62. The molecule has 0 N–H and O–H groups in total. The summed E-state index contributed by atoms with van der Waals surface area (Å²) in [7, 11) is 0. The van der Waals surface area contributed by atoms with Gasteiger partial charge in [-0.15, -0.1) is 0 Å². The third-order valence-corrected chi connectivity index (χ3v) is 4.59. The Morgan fingerprint density at radius 1 is 1.26 bits per heavy atom. The highest BCUT2D eigenvalue weighted by Crippen LogP contribution is 2.32. The van der Waals surface area contributed by atoms with E-state index in [1.807, 2.05) is 18.2 Å². The number of halogens is 2. The lowest BCUT2D eigenvalue weighted by Gasteiger charge is -2.26. The molecule has 0 atom stereocenters. The van der Waals surface area contributed by atoms with E-state index < -0.39 is 0 Å². The lowest BCUT2D eigenvalue weighted by atomic mass is 9.80. The summed E-state index contributed by atoms with van der Waals surface area (Å²) in [5.74, 6) is 1.42. The highest BCUT2D eigenvalue weighted by molar-refractivity contribution is 9.10. The van der Waals surface area contributed by atoms with E-state index in [1.54, 1.807) is 0 Å². The van der Waals surface area contributed by atoms with Crippen LogP contribution in [0.5, 0.6) is 0 Å². The zero-order chi connectivity index (χ0) is 13.7. The maximum Gasteiger partial charge on any atom is 0.131 e. The molecule has 0 heterocycles. The topological polar surface area (TPSA) is 0 Å². The standard InChI is InChI=1S/C17H22BrF/c1-2-3-13-4-6-14(7-5-13)8-9-15-10-11-16(18)12-17(15)19/h8-14H,2-7H2,1H3/b9-8+. The predicted octanol–water partition coefficient (Wildman–Crippen LogP) is 6.21. The minimum absolute atomic E-state index is 0.148. The molecule has 104 valence electrons. The van der Waals surface area contributed by atoms with E-state index in [4.69, 9.17) is 0 Å². The summed E-state index contributed by atoms with van der Waals surface area (Å²) in [5, 5.41) is 0. The number of hydrogen-bond donors (Lipinski definition) is 0. The number of benzene rings is 1. The van der Waals surface area contributed by atoms with E-state index in [-0.39, 0.29) is 5.82 Å². The van der Waals surface area contributed by atoms with Crippen molar-refractivity contribution in [3.8, 4) is 0 Å². The van der Waals surface area contributed by atoms with E-state index in [1.165, 1.54) is 44.6 Å². The van der Waals surface area contributed by atoms with Crippen LogP contribution in [0.4, 0.5) is 4.39 Å². The second kappa shape index (κ2) is 7.23. The SMILES string of the molecule is CCCC1CCC(/C=C/c2ccc(Br)cc2F)CC1. The number of hydrogen-bond acceptors (Lipinski definition) is 0. The van der Waals surface area contributed by atoms with Gasteiger partial charge in [0.25, 0.3) is 0 Å². The van der Waals surface area contributed by atoms with Crippen LogP contribution in [0.1, 0.15) is 51.0 Å². The monoisotopic (exact) mass is 324 g/mol. The van der Waals surface area contributed by atoms with E-state index in [0.717, 1.165) is 10.4 Å². The molecule has 0 aromatic heterocycles. The zero-order valence-corrected chi connectivity index (χ0v) is 13.1. The molecule has 0 bridgehead atoms. The van der Waals surface area contributed by atoms with Gasteiger partial charge >= 0.3 is 0 Å². The van der Waals surface area contributed by atoms with Crippen LogP contribution in [0.15, 0.2) is 28.7 Å². The van der Waals surface area contributed by atoms with Gasteiger partial charge < -0.3 is 0 Å². The van der Waals surface area contributed by atoms with Crippen LogP contribution in [0.2, 0.25) is 0 Å². The lowest BCUT2D eigenvalue weighted by molar-refractivity contribution is 0.295. The van der Waals surface area contributed by atoms with E-state index >= 15 is 0 Å². The number of rotatable bonds is 4. The first-order valence-corrected chi connectivity index (χ1v) is 8.11. The highest BCUT2D eigenvalue weighted by atomic mass is 79.9. The third-order valence-electron chi connectivity index (χ3n) is 4.10. The summed E-state index contributed by atoms with van der Waals surface area (Å²) in [6.07, 6.45) is 12.0. The minimum atomic E-state index is -0.148. The average molecular weight is 325 g/mol. The fourth-order valence-electron chi connectivity index (χ4n) is 2.95. The minimum Gasteiger partial charge on any atom is -0.206 e. The highest BCUT2D eigenvalue weighted by Gasteiger charge is 2.18. The van der Waals surface area contributed by atoms with Crippen molar-refractivity contribution >= 4 is 22.0 Å². The third kappa shape index (κ3) is 4.45. The van der Waals surface area contributed by atoms with Gasteiger partial charge in [-0.2, -0.15) is 0 Å². The van der Waals surface area contributed by atoms with E-state index in [0.29, 0.717) is 11.5 Å². The Hall–Kier alpha value is -0.630. The molecule has 0 amide bonds. The fourth-order valence-corrected chi connectivity index (χ4v) is 3.29. The van der Waals surface area contributed by atoms with Gasteiger partial charge in [-0.25, -0.2) is 4.39 Å². The fraction of sp³-hybridized carbons (Fsp3) is 0.529. The second-order valence-electron chi connectivity index (χ2n) is 5.59. The Labute approximate surface area is 124 Å². The first kappa shape index (κ1) is 14.8. The predicted molar refractivity (Wildman–Crippen MR) is 83.5 cm³/mol. The van der Waals surface area contributed by atoms with E-state index in [2.05, 4.69) is 28.9 Å². The van der Waals surface area contributed by atoms with Crippen LogP contribution in [0.25, 0.3) is 6.08 Å². The van der Waals surface area contributed by atoms with Gasteiger partial charge in [0.2, 0.25) is 0 Å². The van der Waals surface area contributed by atoms with Gasteiger partial charge in [0.15, 0.2) is 0 Å². The van der Waals surface area contributed by atoms with Crippen molar-refractivity contribution in [3.05, 3.63) is 40.1 Å². The largest absolute Gasteiger partial charge is 0.206 e. The molecule has 1 aliphatic rings. The second-order valence-corrected chi connectivity index (χ2v) is 6.51. The number of allylic oxidation sites excluding steroid dienone is 1. The molecule has 0 unspecified atom stereocenters. The smallest absolute Gasteiger partial charge is 0.131 e. The summed E-state index contributed by atoms with van der Waals surface area (Å²) in [5.41, 5.74) is 0.693. The Balaban J connectivity index is 1.89. The van der Waals surface area contributed by atoms with Crippen LogP contribution in [-0.2, 0) is 0 Å². The lowest BCUT2D eigenvalue weighted by Crippen LogP contribution is -2.12. The molecule has 19 heavy (non-hydrogen) atoms. The summed E-state index contributed by atoms with van der Waals surface area (Å²) in [6, 6.07) is 5.25. The molecule has 2 rings (SSSR count). The quantitative estimate of drug-likeness (QED) is 0.617. The van der Waals surface area contributed by atoms with Gasteiger partial charge in [-0.05, 0) is 49.7 Å². The first-order valence-electron chi connectivity index (χ1n) is 7.32. The summed E-state index contributed by atoms with van der Waals surface area (Å²) in [6.45, 7) is 2.27. The van der Waals surface area contributed by atoms with Crippen molar-refractivity contribution in [1.29, 1.82) is 0 Å². The summed E-state index contributed by atoms with van der Waals surface area (Å²) in [4.78, 5) is 0. The molecule has 1 saturated carbocycles. The zero-order valence-electron chi connectivity index (χ0n) is 11.5. The molecule has 1 aliphatic carbocycles. The molecule has 2 heteroatoms. The molecule has 1 aromatic carbocycles.